The summed E-state index contributed by atoms with van der Waals surface area (Å²) in [4.78, 5) is 19.6. The number of rotatable bonds is 6. The van der Waals surface area contributed by atoms with E-state index in [4.69, 9.17) is 19.9 Å². The van der Waals surface area contributed by atoms with Crippen LogP contribution in [-0.2, 0) is 0 Å². The smallest absolute Gasteiger partial charge is 0.164 e. The summed E-state index contributed by atoms with van der Waals surface area (Å²) >= 11 is 0. The molecule has 0 radical (unpaired) electrons. The van der Waals surface area contributed by atoms with Crippen LogP contribution in [-0.4, -0.2) is 24.5 Å². The Hall–Kier alpha value is -7.24. The van der Waals surface area contributed by atoms with Gasteiger partial charge in [0.25, 0.3) is 0 Å². The van der Waals surface area contributed by atoms with Crippen molar-refractivity contribution in [2.75, 3.05) is 0 Å². The van der Waals surface area contributed by atoms with Crippen molar-refractivity contribution in [3.05, 3.63) is 188 Å². The molecule has 7 aromatic carbocycles. The third-order valence-electron chi connectivity index (χ3n) is 9.88. The zero-order valence-corrected chi connectivity index (χ0v) is 28.6. The quantitative estimate of drug-likeness (QED) is 0.176. The summed E-state index contributed by atoms with van der Waals surface area (Å²) in [7, 11) is 0. The normalized spacial score (nSPS) is 11.4. The fourth-order valence-corrected chi connectivity index (χ4v) is 7.34. The summed E-state index contributed by atoms with van der Waals surface area (Å²) in [6, 6.07) is 63.3. The third-order valence-corrected chi connectivity index (χ3v) is 9.88. The Morgan fingerprint density at radius 2 is 0.887 bits per heavy atom. The Labute approximate surface area is 306 Å². The largest absolute Gasteiger partial charge is 0.309 e. The minimum absolute atomic E-state index is 0.634. The van der Waals surface area contributed by atoms with Crippen LogP contribution in [0.2, 0.25) is 0 Å². The Bertz CT molecular complexity index is 2820. The molecule has 0 saturated heterocycles. The number of hydrogen-bond acceptors (Lipinski definition) is 4. The second-order valence-corrected chi connectivity index (χ2v) is 13.1. The van der Waals surface area contributed by atoms with E-state index >= 15 is 0 Å². The Kier molecular flexibility index (Phi) is 7.40. The molecule has 0 fully saturated rings. The van der Waals surface area contributed by atoms with E-state index in [0.29, 0.717) is 17.5 Å². The molecule has 0 atom stereocenters. The lowest BCUT2D eigenvalue weighted by molar-refractivity contribution is 1.07. The van der Waals surface area contributed by atoms with Gasteiger partial charge in [0.1, 0.15) is 0 Å². The number of hydrogen-bond donors (Lipinski definition) is 0. The number of para-hydroxylation sites is 2. The Morgan fingerprint density at radius 1 is 0.358 bits per heavy atom. The number of nitrogens with zero attached hydrogens (tertiary/aromatic N) is 5. The molecule has 0 aliphatic carbocycles. The zero-order chi connectivity index (χ0) is 35.1. The van der Waals surface area contributed by atoms with Gasteiger partial charge < -0.3 is 4.57 Å². The molecule has 3 heterocycles. The van der Waals surface area contributed by atoms with Crippen LogP contribution in [0.3, 0.4) is 0 Å². The molecule has 0 saturated carbocycles. The molecule has 0 aliphatic heterocycles. The van der Waals surface area contributed by atoms with Gasteiger partial charge in [-0.05, 0) is 59.2 Å². The minimum Gasteiger partial charge on any atom is -0.309 e. The standard InChI is InChI=1S/C48H31N5/c1-3-13-33(14-4-1)46-50-47(34-15-5-2-6-16-34)52-48(51-46)35-26-24-32(25-27-35)38-29-37-18-12-28-49-45(37)42(31-38)36-17-11-19-39(30-36)53-43-22-9-7-20-40(43)41-21-8-10-23-44(41)53/h1-31H. The van der Waals surface area contributed by atoms with Crippen molar-refractivity contribution in [3.63, 3.8) is 0 Å². The van der Waals surface area contributed by atoms with E-state index in [1.807, 2.05) is 72.9 Å². The second-order valence-electron chi connectivity index (χ2n) is 13.1. The lowest BCUT2D eigenvalue weighted by atomic mass is 9.95. The maximum atomic E-state index is 4.93. The summed E-state index contributed by atoms with van der Waals surface area (Å²) in [6.45, 7) is 0. The van der Waals surface area contributed by atoms with Gasteiger partial charge in [0.05, 0.1) is 16.6 Å². The molecule has 0 unspecified atom stereocenters. The van der Waals surface area contributed by atoms with Crippen LogP contribution >= 0.6 is 0 Å². The fraction of sp³-hybridized carbons (Fsp3) is 0. The molecule has 5 nitrogen and oxygen atoms in total. The number of pyridine rings is 1. The van der Waals surface area contributed by atoms with Crippen LogP contribution in [0.5, 0.6) is 0 Å². The first-order valence-corrected chi connectivity index (χ1v) is 17.7. The fourth-order valence-electron chi connectivity index (χ4n) is 7.34. The average Bonchev–Trinajstić information content (AvgIpc) is 3.58. The first-order chi connectivity index (χ1) is 26.3. The molecule has 248 valence electrons. The van der Waals surface area contributed by atoms with E-state index in [-0.39, 0.29) is 0 Å². The van der Waals surface area contributed by atoms with Crippen molar-refractivity contribution in [3.8, 4) is 62.1 Å². The number of aromatic nitrogens is 5. The molecule has 5 heteroatoms. The highest BCUT2D eigenvalue weighted by Crippen LogP contribution is 2.37. The van der Waals surface area contributed by atoms with Gasteiger partial charge >= 0.3 is 0 Å². The number of fused-ring (bicyclic) bond motifs is 4. The van der Waals surface area contributed by atoms with E-state index in [1.165, 1.54) is 21.8 Å². The van der Waals surface area contributed by atoms with Crippen molar-refractivity contribution in [1.29, 1.82) is 0 Å². The van der Waals surface area contributed by atoms with Crippen molar-refractivity contribution in [1.82, 2.24) is 24.5 Å². The first kappa shape index (κ1) is 30.6. The highest BCUT2D eigenvalue weighted by molar-refractivity contribution is 6.09. The average molecular weight is 678 g/mol. The van der Waals surface area contributed by atoms with Crippen LogP contribution in [0.25, 0.3) is 94.8 Å². The highest BCUT2D eigenvalue weighted by atomic mass is 15.0. The van der Waals surface area contributed by atoms with Gasteiger partial charge in [0, 0.05) is 50.3 Å². The Balaban J connectivity index is 1.07. The van der Waals surface area contributed by atoms with Gasteiger partial charge in [-0.15, -0.1) is 0 Å². The second kappa shape index (κ2) is 12.8. The summed E-state index contributed by atoms with van der Waals surface area (Å²) in [5.74, 6) is 1.93. The van der Waals surface area contributed by atoms with Crippen LogP contribution in [0.1, 0.15) is 0 Å². The number of benzene rings is 7. The SMILES string of the molecule is c1ccc(-c2nc(-c3ccccc3)nc(-c3ccc(-c4cc(-c5cccc(-n6c7ccccc7c7ccccc76)c5)c5ncccc5c4)cc3)n2)cc1. The van der Waals surface area contributed by atoms with Gasteiger partial charge in [-0.2, -0.15) is 0 Å². The maximum absolute atomic E-state index is 4.93. The molecule has 0 N–H and O–H groups in total. The molecule has 0 aliphatic rings. The lowest BCUT2D eigenvalue weighted by Crippen LogP contribution is -2.00. The zero-order valence-electron chi connectivity index (χ0n) is 28.6. The van der Waals surface area contributed by atoms with E-state index in [9.17, 15) is 0 Å². The minimum atomic E-state index is 0.634. The lowest BCUT2D eigenvalue weighted by Gasteiger charge is -2.14. The Morgan fingerprint density at radius 3 is 1.51 bits per heavy atom. The summed E-state index contributed by atoms with van der Waals surface area (Å²) in [5, 5.41) is 3.58. The molecule has 10 rings (SSSR count). The molecule has 3 aromatic heterocycles. The third kappa shape index (κ3) is 5.52. The molecule has 0 spiro atoms. The maximum Gasteiger partial charge on any atom is 0.164 e. The topological polar surface area (TPSA) is 56.5 Å². The van der Waals surface area contributed by atoms with E-state index in [1.54, 1.807) is 0 Å². The predicted octanol–water partition coefficient (Wildman–Crippen LogP) is 11.9. The summed E-state index contributed by atoms with van der Waals surface area (Å²) in [6.07, 6.45) is 1.87. The van der Waals surface area contributed by atoms with E-state index in [0.717, 1.165) is 55.5 Å². The van der Waals surface area contributed by atoms with Gasteiger partial charge in [-0.3, -0.25) is 4.98 Å². The molecular formula is C48H31N5. The van der Waals surface area contributed by atoms with Gasteiger partial charge in [0.2, 0.25) is 0 Å². The van der Waals surface area contributed by atoms with Crippen molar-refractivity contribution in [2.45, 2.75) is 0 Å². The van der Waals surface area contributed by atoms with Crippen LogP contribution in [0, 0.1) is 0 Å². The van der Waals surface area contributed by atoms with Gasteiger partial charge in [-0.25, -0.2) is 15.0 Å². The van der Waals surface area contributed by atoms with E-state index < -0.39 is 0 Å². The van der Waals surface area contributed by atoms with Crippen molar-refractivity contribution in [2.24, 2.45) is 0 Å². The molecule has 53 heavy (non-hydrogen) atoms. The highest BCUT2D eigenvalue weighted by Gasteiger charge is 2.16. The van der Waals surface area contributed by atoms with Crippen LogP contribution in [0.15, 0.2) is 188 Å². The van der Waals surface area contributed by atoms with Crippen molar-refractivity contribution >= 4 is 32.7 Å². The van der Waals surface area contributed by atoms with Gasteiger partial charge in [-0.1, -0.05) is 140 Å². The van der Waals surface area contributed by atoms with Crippen LogP contribution in [0.4, 0.5) is 0 Å². The first-order valence-electron chi connectivity index (χ1n) is 17.7. The van der Waals surface area contributed by atoms with Crippen molar-refractivity contribution < 1.29 is 0 Å². The molecule has 0 bridgehead atoms. The molecular weight excluding hydrogens is 647 g/mol. The monoisotopic (exact) mass is 677 g/mol. The predicted molar refractivity (Wildman–Crippen MR) is 217 cm³/mol. The van der Waals surface area contributed by atoms with Gasteiger partial charge in [0.15, 0.2) is 17.5 Å². The van der Waals surface area contributed by atoms with Crippen LogP contribution < -0.4 is 0 Å². The molecule has 0 amide bonds. The molecule has 10 aromatic rings. The summed E-state index contributed by atoms with van der Waals surface area (Å²) < 4.78 is 2.36. The van der Waals surface area contributed by atoms with E-state index in [2.05, 4.69) is 120 Å². The summed E-state index contributed by atoms with van der Waals surface area (Å²) in [5.41, 5.74) is 11.7.